The van der Waals surface area contributed by atoms with Crippen LogP contribution in [-0.4, -0.2) is 67.8 Å². The van der Waals surface area contributed by atoms with Gasteiger partial charge in [0.1, 0.15) is 5.01 Å². The highest BCUT2D eigenvalue weighted by Gasteiger charge is 2.23. The van der Waals surface area contributed by atoms with Crippen molar-refractivity contribution in [1.29, 1.82) is 0 Å². The van der Waals surface area contributed by atoms with E-state index in [1.165, 1.54) is 0 Å². The predicted octanol–water partition coefficient (Wildman–Crippen LogP) is 2.41. The van der Waals surface area contributed by atoms with Crippen LogP contribution in [0.1, 0.15) is 11.4 Å². The minimum Gasteiger partial charge on any atom is -0.383 e. The van der Waals surface area contributed by atoms with Crippen LogP contribution in [0.4, 0.5) is 4.79 Å². The molecule has 0 spiro atoms. The van der Waals surface area contributed by atoms with E-state index in [2.05, 4.69) is 21.3 Å². The number of benzene rings is 1. The number of methoxy groups -OCH3 is 1. The Kier molecular flexibility index (Phi) is 6.23. The lowest BCUT2D eigenvalue weighted by Gasteiger charge is -2.19. The molecular formula is C18H26N4O2S. The largest absolute Gasteiger partial charge is 0.383 e. The SMILES string of the molecule is COCCN1CCC(CNC(=O)N(C)Cc2nc3ccccc3s2)C1. The lowest BCUT2D eigenvalue weighted by Crippen LogP contribution is -2.39. The molecule has 1 unspecified atom stereocenters. The molecule has 0 aliphatic carbocycles. The van der Waals surface area contributed by atoms with Crippen LogP contribution >= 0.6 is 11.3 Å². The zero-order chi connectivity index (χ0) is 17.6. The third-order valence-electron chi connectivity index (χ3n) is 4.58. The smallest absolute Gasteiger partial charge is 0.317 e. The number of carbonyl (C=O) groups is 1. The first-order valence-corrected chi connectivity index (χ1v) is 9.52. The summed E-state index contributed by atoms with van der Waals surface area (Å²) in [6.45, 7) is 5.13. The summed E-state index contributed by atoms with van der Waals surface area (Å²) in [5.74, 6) is 0.525. The van der Waals surface area contributed by atoms with Crippen molar-refractivity contribution in [2.75, 3.05) is 46.9 Å². The van der Waals surface area contributed by atoms with Gasteiger partial charge in [0.15, 0.2) is 0 Å². The van der Waals surface area contributed by atoms with E-state index >= 15 is 0 Å². The van der Waals surface area contributed by atoms with Crippen molar-refractivity contribution in [3.8, 4) is 0 Å². The summed E-state index contributed by atoms with van der Waals surface area (Å²) in [6, 6.07) is 8.03. The Hall–Kier alpha value is -1.70. The van der Waals surface area contributed by atoms with E-state index in [4.69, 9.17) is 4.74 Å². The molecule has 25 heavy (non-hydrogen) atoms. The van der Waals surface area contributed by atoms with Crippen LogP contribution in [0.5, 0.6) is 0 Å². The van der Waals surface area contributed by atoms with E-state index in [1.54, 1.807) is 23.3 Å². The number of hydrogen-bond donors (Lipinski definition) is 1. The lowest BCUT2D eigenvalue weighted by atomic mass is 10.1. The number of amides is 2. The molecule has 2 heterocycles. The van der Waals surface area contributed by atoms with Gasteiger partial charge in [-0.2, -0.15) is 0 Å². The van der Waals surface area contributed by atoms with Crippen LogP contribution in [-0.2, 0) is 11.3 Å². The fraction of sp³-hybridized carbons (Fsp3) is 0.556. The number of hydrogen-bond acceptors (Lipinski definition) is 5. The number of ether oxygens (including phenoxy) is 1. The van der Waals surface area contributed by atoms with Gasteiger partial charge in [0.2, 0.25) is 0 Å². The monoisotopic (exact) mass is 362 g/mol. The molecule has 1 saturated heterocycles. The van der Waals surface area contributed by atoms with Gasteiger partial charge < -0.3 is 19.9 Å². The number of nitrogens with one attached hydrogen (secondary N) is 1. The van der Waals surface area contributed by atoms with Crippen LogP contribution in [0.25, 0.3) is 10.2 Å². The maximum atomic E-state index is 12.3. The number of aromatic nitrogens is 1. The Morgan fingerprint density at radius 2 is 2.32 bits per heavy atom. The van der Waals surface area contributed by atoms with E-state index in [0.717, 1.165) is 54.4 Å². The standard InChI is InChI=1S/C18H26N4O2S/c1-21(13-17-20-15-5-3-4-6-16(15)25-17)18(23)19-11-14-7-8-22(12-14)9-10-24-2/h3-6,14H,7-13H2,1-2H3,(H,19,23). The molecule has 0 saturated carbocycles. The average molecular weight is 362 g/mol. The summed E-state index contributed by atoms with van der Waals surface area (Å²) >= 11 is 1.64. The summed E-state index contributed by atoms with van der Waals surface area (Å²) in [4.78, 5) is 21.0. The summed E-state index contributed by atoms with van der Waals surface area (Å²) in [7, 11) is 3.55. The van der Waals surface area contributed by atoms with E-state index in [-0.39, 0.29) is 6.03 Å². The minimum atomic E-state index is -0.0328. The molecule has 1 aromatic carbocycles. The van der Waals surface area contributed by atoms with Crippen molar-refractivity contribution in [2.24, 2.45) is 5.92 Å². The highest BCUT2D eigenvalue weighted by molar-refractivity contribution is 7.18. The Balaban J connectivity index is 1.43. The average Bonchev–Trinajstić information content (AvgIpc) is 3.23. The molecule has 1 atom stereocenters. The van der Waals surface area contributed by atoms with Crippen molar-refractivity contribution >= 4 is 27.6 Å². The Morgan fingerprint density at radius 3 is 3.12 bits per heavy atom. The van der Waals surface area contributed by atoms with Gasteiger partial charge in [-0.1, -0.05) is 12.1 Å². The molecule has 3 rings (SSSR count). The van der Waals surface area contributed by atoms with Gasteiger partial charge >= 0.3 is 6.03 Å². The van der Waals surface area contributed by atoms with Gasteiger partial charge in [0, 0.05) is 33.8 Å². The molecule has 7 heteroatoms. The fourth-order valence-corrected chi connectivity index (χ4v) is 4.15. The van der Waals surface area contributed by atoms with Crippen LogP contribution in [0.3, 0.4) is 0 Å². The maximum absolute atomic E-state index is 12.3. The van der Waals surface area contributed by atoms with Crippen molar-refractivity contribution in [2.45, 2.75) is 13.0 Å². The highest BCUT2D eigenvalue weighted by atomic mass is 32.1. The van der Waals surface area contributed by atoms with Crippen molar-refractivity contribution in [3.63, 3.8) is 0 Å². The molecule has 1 aliphatic rings. The van der Waals surface area contributed by atoms with E-state index in [1.807, 2.05) is 25.2 Å². The second kappa shape index (κ2) is 8.60. The number of urea groups is 1. The highest BCUT2D eigenvalue weighted by Crippen LogP contribution is 2.22. The predicted molar refractivity (Wildman–Crippen MR) is 101 cm³/mol. The molecule has 6 nitrogen and oxygen atoms in total. The van der Waals surface area contributed by atoms with E-state index in [0.29, 0.717) is 12.5 Å². The fourth-order valence-electron chi connectivity index (χ4n) is 3.13. The summed E-state index contributed by atoms with van der Waals surface area (Å²) in [5, 5.41) is 4.02. The Bertz CT molecular complexity index is 672. The zero-order valence-electron chi connectivity index (χ0n) is 14.9. The van der Waals surface area contributed by atoms with Gasteiger partial charge in [-0.3, -0.25) is 0 Å². The molecule has 1 fully saturated rings. The van der Waals surface area contributed by atoms with Crippen LogP contribution in [0.2, 0.25) is 0 Å². The van der Waals surface area contributed by atoms with Gasteiger partial charge in [-0.15, -0.1) is 11.3 Å². The normalized spacial score (nSPS) is 17.9. The summed E-state index contributed by atoms with van der Waals surface area (Å²) < 4.78 is 6.28. The van der Waals surface area contributed by atoms with Crippen LogP contribution in [0.15, 0.2) is 24.3 Å². The Labute approximate surface area is 152 Å². The number of para-hydroxylation sites is 1. The molecule has 1 aliphatic heterocycles. The van der Waals surface area contributed by atoms with Crippen molar-refractivity contribution in [3.05, 3.63) is 29.3 Å². The van der Waals surface area contributed by atoms with Crippen molar-refractivity contribution in [1.82, 2.24) is 20.1 Å². The molecule has 0 radical (unpaired) electrons. The second-order valence-corrected chi connectivity index (χ2v) is 7.68. The maximum Gasteiger partial charge on any atom is 0.317 e. The first-order chi connectivity index (χ1) is 12.2. The van der Waals surface area contributed by atoms with Crippen LogP contribution in [0, 0.1) is 5.92 Å². The summed E-state index contributed by atoms with van der Waals surface area (Å²) in [6.07, 6.45) is 1.13. The molecule has 136 valence electrons. The molecule has 2 aromatic rings. The number of nitrogens with zero attached hydrogens (tertiary/aromatic N) is 3. The number of thiazole rings is 1. The van der Waals surface area contributed by atoms with E-state index < -0.39 is 0 Å². The van der Waals surface area contributed by atoms with Gasteiger partial charge in [0.05, 0.1) is 23.4 Å². The van der Waals surface area contributed by atoms with E-state index in [9.17, 15) is 4.79 Å². The molecule has 2 amide bonds. The number of rotatable bonds is 7. The molecule has 1 aromatic heterocycles. The van der Waals surface area contributed by atoms with Gasteiger partial charge in [-0.05, 0) is 31.0 Å². The second-order valence-electron chi connectivity index (χ2n) is 6.57. The minimum absolute atomic E-state index is 0.0328. The Morgan fingerprint density at radius 1 is 1.48 bits per heavy atom. The first-order valence-electron chi connectivity index (χ1n) is 8.70. The quantitative estimate of drug-likeness (QED) is 0.822. The topological polar surface area (TPSA) is 57.7 Å². The number of likely N-dealkylation sites (tertiary alicyclic amines) is 1. The van der Waals surface area contributed by atoms with Gasteiger partial charge in [-0.25, -0.2) is 9.78 Å². The molecule has 0 bridgehead atoms. The summed E-state index contributed by atoms with van der Waals surface area (Å²) in [5.41, 5.74) is 0.999. The first kappa shape index (κ1) is 18.1. The third-order valence-corrected chi connectivity index (χ3v) is 5.60. The van der Waals surface area contributed by atoms with Crippen molar-refractivity contribution < 1.29 is 9.53 Å². The third kappa shape index (κ3) is 4.90. The van der Waals surface area contributed by atoms with Gasteiger partial charge in [0.25, 0.3) is 0 Å². The zero-order valence-corrected chi connectivity index (χ0v) is 15.7. The number of fused-ring (bicyclic) bond motifs is 1. The lowest BCUT2D eigenvalue weighted by molar-refractivity contribution is 0.158. The number of carbonyl (C=O) groups excluding carboxylic acids is 1. The molecular weight excluding hydrogens is 336 g/mol. The van der Waals surface area contributed by atoms with Crippen LogP contribution < -0.4 is 5.32 Å². The molecule has 1 N–H and O–H groups in total.